The second-order valence-electron chi connectivity index (χ2n) is 6.73. The predicted octanol–water partition coefficient (Wildman–Crippen LogP) is 4.24. The minimum absolute atomic E-state index is 0.0991. The van der Waals surface area contributed by atoms with E-state index in [9.17, 15) is 9.50 Å². The fourth-order valence-corrected chi connectivity index (χ4v) is 3.41. The number of para-hydroxylation sites is 2. The number of hydrogen-bond acceptors (Lipinski definition) is 4. The number of ether oxygens (including phenoxy) is 1. The third-order valence-corrected chi connectivity index (χ3v) is 4.85. The number of benzene rings is 2. The number of nitrogens with zero attached hydrogens (tertiary/aromatic N) is 2. The van der Waals surface area contributed by atoms with Crippen LogP contribution < -0.4 is 4.74 Å². The van der Waals surface area contributed by atoms with Crippen LogP contribution in [0.3, 0.4) is 0 Å². The van der Waals surface area contributed by atoms with Crippen molar-refractivity contribution in [3.63, 3.8) is 0 Å². The summed E-state index contributed by atoms with van der Waals surface area (Å²) in [4.78, 5) is 14.8. The lowest BCUT2D eigenvalue weighted by Crippen LogP contribution is -2.02. The number of rotatable bonds is 5. The van der Waals surface area contributed by atoms with Crippen LogP contribution in [-0.4, -0.2) is 25.0 Å². The SMILES string of the molecule is OC(c1ccc(OCc2nc3ccccc3[nH]2)c(F)c1)c1c[nH]c2ncccc12. The van der Waals surface area contributed by atoms with Crippen molar-refractivity contribution in [1.82, 2.24) is 19.9 Å². The molecule has 5 aromatic rings. The van der Waals surface area contributed by atoms with E-state index in [2.05, 4.69) is 19.9 Å². The van der Waals surface area contributed by atoms with E-state index in [-0.39, 0.29) is 12.4 Å². The maximum Gasteiger partial charge on any atom is 0.165 e. The predicted molar refractivity (Wildman–Crippen MR) is 107 cm³/mol. The minimum Gasteiger partial charge on any atom is -0.483 e. The molecule has 0 bridgehead atoms. The Morgan fingerprint density at radius 2 is 2.00 bits per heavy atom. The number of imidazole rings is 1. The molecule has 5 rings (SSSR count). The summed E-state index contributed by atoms with van der Waals surface area (Å²) < 4.78 is 20.2. The smallest absolute Gasteiger partial charge is 0.165 e. The number of hydrogen-bond donors (Lipinski definition) is 3. The summed E-state index contributed by atoms with van der Waals surface area (Å²) in [5, 5.41) is 11.5. The first-order valence-corrected chi connectivity index (χ1v) is 9.15. The minimum atomic E-state index is -0.980. The van der Waals surface area contributed by atoms with Crippen LogP contribution in [-0.2, 0) is 6.61 Å². The van der Waals surface area contributed by atoms with Crippen LogP contribution in [0.2, 0.25) is 0 Å². The Morgan fingerprint density at radius 3 is 2.86 bits per heavy atom. The van der Waals surface area contributed by atoms with Gasteiger partial charge in [0.05, 0.1) is 11.0 Å². The van der Waals surface area contributed by atoms with Crippen LogP contribution in [0.5, 0.6) is 5.75 Å². The van der Waals surface area contributed by atoms with Gasteiger partial charge in [-0.3, -0.25) is 0 Å². The number of H-pyrrole nitrogens is 2. The Bertz CT molecular complexity index is 1280. The number of pyridine rings is 1. The molecule has 3 aromatic heterocycles. The van der Waals surface area contributed by atoms with Gasteiger partial charge in [0.15, 0.2) is 11.6 Å². The molecule has 0 spiro atoms. The van der Waals surface area contributed by atoms with E-state index in [1.165, 1.54) is 12.1 Å². The first-order valence-electron chi connectivity index (χ1n) is 9.15. The van der Waals surface area contributed by atoms with Gasteiger partial charge in [0.2, 0.25) is 0 Å². The second kappa shape index (κ2) is 7.03. The topological polar surface area (TPSA) is 86.8 Å². The maximum absolute atomic E-state index is 14.6. The van der Waals surface area contributed by atoms with Crippen molar-refractivity contribution in [3.05, 3.63) is 89.8 Å². The van der Waals surface area contributed by atoms with E-state index in [1.54, 1.807) is 24.5 Å². The molecule has 3 heterocycles. The van der Waals surface area contributed by atoms with Crippen molar-refractivity contribution in [1.29, 1.82) is 0 Å². The molecule has 0 saturated heterocycles. The zero-order valence-electron chi connectivity index (χ0n) is 15.3. The van der Waals surface area contributed by atoms with Crippen LogP contribution in [0.15, 0.2) is 67.0 Å². The maximum atomic E-state index is 14.6. The summed E-state index contributed by atoms with van der Waals surface area (Å²) in [5.74, 6) is 0.165. The monoisotopic (exact) mass is 388 g/mol. The quantitative estimate of drug-likeness (QED) is 0.420. The molecule has 6 nitrogen and oxygen atoms in total. The van der Waals surface area contributed by atoms with E-state index in [4.69, 9.17) is 4.74 Å². The van der Waals surface area contributed by atoms with Crippen molar-refractivity contribution in [2.75, 3.05) is 0 Å². The zero-order chi connectivity index (χ0) is 19.8. The van der Waals surface area contributed by atoms with Gasteiger partial charge < -0.3 is 19.8 Å². The lowest BCUT2D eigenvalue weighted by Gasteiger charge is -2.12. The van der Waals surface area contributed by atoms with Gasteiger partial charge in [-0.2, -0.15) is 0 Å². The summed E-state index contributed by atoms with van der Waals surface area (Å²) in [7, 11) is 0. The molecule has 144 valence electrons. The van der Waals surface area contributed by atoms with E-state index in [0.717, 1.165) is 16.4 Å². The Labute approximate surface area is 165 Å². The van der Waals surface area contributed by atoms with Crippen molar-refractivity contribution >= 4 is 22.1 Å². The molecule has 0 amide bonds. The summed E-state index contributed by atoms with van der Waals surface area (Å²) in [6.07, 6.45) is 2.38. The molecule has 0 aliphatic rings. The number of halogens is 1. The fourth-order valence-electron chi connectivity index (χ4n) is 3.41. The third-order valence-electron chi connectivity index (χ3n) is 4.85. The highest BCUT2D eigenvalue weighted by molar-refractivity contribution is 5.80. The highest BCUT2D eigenvalue weighted by Crippen LogP contribution is 2.30. The molecule has 3 N–H and O–H groups in total. The summed E-state index contributed by atoms with van der Waals surface area (Å²) in [5.41, 5.74) is 3.48. The van der Waals surface area contributed by atoms with Gasteiger partial charge in [0.1, 0.15) is 24.2 Å². The van der Waals surface area contributed by atoms with Crippen LogP contribution in [0.4, 0.5) is 4.39 Å². The zero-order valence-corrected chi connectivity index (χ0v) is 15.3. The number of nitrogens with one attached hydrogen (secondary N) is 2. The molecular weight excluding hydrogens is 371 g/mol. The van der Waals surface area contributed by atoms with Crippen molar-refractivity contribution in [3.8, 4) is 5.75 Å². The Balaban J connectivity index is 1.35. The van der Waals surface area contributed by atoms with Crippen molar-refractivity contribution < 1.29 is 14.2 Å². The van der Waals surface area contributed by atoms with Gasteiger partial charge in [-0.1, -0.05) is 18.2 Å². The second-order valence-corrected chi connectivity index (χ2v) is 6.73. The first-order chi connectivity index (χ1) is 14.2. The van der Waals surface area contributed by atoms with Crippen LogP contribution in [0, 0.1) is 5.82 Å². The standard InChI is InChI=1S/C22H17FN4O2/c23-16-10-13(21(28)15-11-25-22-14(15)4-3-9-24-22)7-8-19(16)29-12-20-26-17-5-1-2-6-18(17)27-20/h1-11,21,28H,12H2,(H,24,25)(H,26,27). The fraction of sp³-hybridized carbons (Fsp3) is 0.0909. The summed E-state index contributed by atoms with van der Waals surface area (Å²) >= 11 is 0. The van der Waals surface area contributed by atoms with Crippen LogP contribution >= 0.6 is 0 Å². The van der Waals surface area contributed by atoms with Gasteiger partial charge in [-0.05, 0) is 42.0 Å². The Morgan fingerprint density at radius 1 is 1.10 bits per heavy atom. The molecule has 29 heavy (non-hydrogen) atoms. The van der Waals surface area contributed by atoms with Gasteiger partial charge >= 0.3 is 0 Å². The van der Waals surface area contributed by atoms with E-state index < -0.39 is 11.9 Å². The van der Waals surface area contributed by atoms with Crippen LogP contribution in [0.25, 0.3) is 22.1 Å². The molecule has 0 aliphatic carbocycles. The van der Waals surface area contributed by atoms with Crippen LogP contribution in [0.1, 0.15) is 23.1 Å². The molecular formula is C22H17FN4O2. The largest absolute Gasteiger partial charge is 0.483 e. The Hall–Kier alpha value is -3.71. The molecule has 1 unspecified atom stereocenters. The third kappa shape index (κ3) is 3.21. The molecule has 2 aromatic carbocycles. The summed E-state index contributed by atoms with van der Waals surface area (Å²) in [6, 6.07) is 15.7. The normalized spacial score (nSPS) is 12.5. The molecule has 0 aliphatic heterocycles. The molecule has 7 heteroatoms. The average Bonchev–Trinajstić information content (AvgIpc) is 3.36. The van der Waals surface area contributed by atoms with Gasteiger partial charge in [-0.25, -0.2) is 14.4 Å². The molecule has 0 fully saturated rings. The van der Waals surface area contributed by atoms with Gasteiger partial charge in [0.25, 0.3) is 0 Å². The lowest BCUT2D eigenvalue weighted by molar-refractivity contribution is 0.220. The van der Waals surface area contributed by atoms with E-state index in [0.29, 0.717) is 22.6 Å². The average molecular weight is 388 g/mol. The highest BCUT2D eigenvalue weighted by atomic mass is 19.1. The Kier molecular flexibility index (Phi) is 4.22. The van der Waals surface area contributed by atoms with E-state index >= 15 is 0 Å². The first kappa shape index (κ1) is 17.4. The molecule has 0 radical (unpaired) electrons. The van der Waals surface area contributed by atoms with E-state index in [1.807, 2.05) is 30.3 Å². The number of aliphatic hydroxyl groups is 1. The summed E-state index contributed by atoms with van der Waals surface area (Å²) in [6.45, 7) is 0.113. The highest BCUT2D eigenvalue weighted by Gasteiger charge is 2.17. The van der Waals surface area contributed by atoms with Gasteiger partial charge in [0, 0.05) is 23.3 Å². The lowest BCUT2D eigenvalue weighted by atomic mass is 10.0. The molecule has 0 saturated carbocycles. The number of aliphatic hydroxyl groups excluding tert-OH is 1. The van der Waals surface area contributed by atoms with Crippen molar-refractivity contribution in [2.24, 2.45) is 0 Å². The number of aromatic amines is 2. The molecule has 1 atom stereocenters. The van der Waals surface area contributed by atoms with Gasteiger partial charge in [-0.15, -0.1) is 0 Å². The number of aromatic nitrogens is 4. The van der Waals surface area contributed by atoms with Crippen molar-refractivity contribution in [2.45, 2.75) is 12.7 Å². The number of fused-ring (bicyclic) bond motifs is 2.